The van der Waals surface area contributed by atoms with Crippen molar-refractivity contribution in [2.45, 2.75) is 11.4 Å². The molecule has 0 amide bonds. The summed E-state index contributed by atoms with van der Waals surface area (Å²) in [4.78, 5) is 8.23. The van der Waals surface area contributed by atoms with Crippen LogP contribution in [-0.4, -0.2) is 29.9 Å². The molecule has 2 rings (SSSR count). The van der Waals surface area contributed by atoms with Crippen LogP contribution in [0.15, 0.2) is 35.6 Å². The lowest BCUT2D eigenvalue weighted by molar-refractivity contribution is 0.414. The summed E-state index contributed by atoms with van der Waals surface area (Å²) in [6, 6.07) is 10.1. The number of anilines is 1. The van der Waals surface area contributed by atoms with Gasteiger partial charge in [-0.05, 0) is 30.4 Å². The van der Waals surface area contributed by atoms with Crippen molar-refractivity contribution >= 4 is 17.6 Å². The predicted molar refractivity (Wildman–Crippen MR) is 83.7 cm³/mol. The first kappa shape index (κ1) is 15.1. The zero-order valence-corrected chi connectivity index (χ0v) is 12.8. The van der Waals surface area contributed by atoms with Crippen molar-refractivity contribution in [3.05, 3.63) is 41.7 Å². The summed E-state index contributed by atoms with van der Waals surface area (Å²) < 4.78 is 5.20. The fourth-order valence-corrected chi connectivity index (χ4v) is 2.41. The van der Waals surface area contributed by atoms with Gasteiger partial charge in [0.15, 0.2) is 0 Å². The third-order valence-corrected chi connectivity index (χ3v) is 3.65. The highest BCUT2D eigenvalue weighted by atomic mass is 32.2. The molecular formula is C15H16N4OS. The Morgan fingerprint density at radius 1 is 1.38 bits per heavy atom. The third kappa shape index (κ3) is 3.86. The standard InChI is InChI=1S/C15H16N4OS/c1-20-12-5-3-4-11(8-12)6-7-17-14-13(9-16)15(21-2)19-10-18-14/h3-5,8,10H,6-7H2,1-2H3,(H,17,18,19). The van der Waals surface area contributed by atoms with E-state index in [0.29, 0.717) is 23.0 Å². The molecule has 6 heteroatoms. The molecule has 0 saturated heterocycles. The van der Waals surface area contributed by atoms with E-state index >= 15 is 0 Å². The van der Waals surface area contributed by atoms with Gasteiger partial charge in [0.2, 0.25) is 0 Å². The van der Waals surface area contributed by atoms with Crippen molar-refractivity contribution in [3.63, 3.8) is 0 Å². The topological polar surface area (TPSA) is 70.8 Å². The first-order chi connectivity index (χ1) is 10.3. The molecule has 108 valence electrons. The van der Waals surface area contributed by atoms with Gasteiger partial charge < -0.3 is 10.1 Å². The zero-order chi connectivity index (χ0) is 15.1. The van der Waals surface area contributed by atoms with Gasteiger partial charge >= 0.3 is 0 Å². The average molecular weight is 300 g/mol. The van der Waals surface area contributed by atoms with Crippen LogP contribution in [0.3, 0.4) is 0 Å². The normalized spacial score (nSPS) is 9.95. The minimum absolute atomic E-state index is 0.496. The predicted octanol–water partition coefficient (Wildman–Crippen LogP) is 2.73. The van der Waals surface area contributed by atoms with Crippen LogP contribution in [0.25, 0.3) is 0 Å². The summed E-state index contributed by atoms with van der Waals surface area (Å²) in [6.07, 6.45) is 4.18. The van der Waals surface area contributed by atoms with E-state index in [0.717, 1.165) is 12.2 Å². The minimum atomic E-state index is 0.496. The van der Waals surface area contributed by atoms with Crippen LogP contribution in [0.1, 0.15) is 11.1 Å². The zero-order valence-electron chi connectivity index (χ0n) is 12.0. The highest BCUT2D eigenvalue weighted by Crippen LogP contribution is 2.21. The Kier molecular flexibility index (Phi) is 5.41. The lowest BCUT2D eigenvalue weighted by Gasteiger charge is -2.09. The molecule has 0 saturated carbocycles. The van der Waals surface area contributed by atoms with E-state index in [-0.39, 0.29) is 0 Å². The summed E-state index contributed by atoms with van der Waals surface area (Å²) in [7, 11) is 1.65. The van der Waals surface area contributed by atoms with Gasteiger partial charge in [-0.1, -0.05) is 12.1 Å². The molecular weight excluding hydrogens is 284 g/mol. The van der Waals surface area contributed by atoms with E-state index in [2.05, 4.69) is 21.4 Å². The number of ether oxygens (including phenoxy) is 1. The molecule has 21 heavy (non-hydrogen) atoms. The number of aromatic nitrogens is 2. The van der Waals surface area contributed by atoms with Crippen molar-refractivity contribution < 1.29 is 4.74 Å². The van der Waals surface area contributed by atoms with Crippen LogP contribution < -0.4 is 10.1 Å². The Labute approximate surface area is 128 Å². The number of rotatable bonds is 6. The molecule has 1 heterocycles. The molecule has 0 spiro atoms. The molecule has 1 aromatic heterocycles. The molecule has 2 aromatic rings. The van der Waals surface area contributed by atoms with Gasteiger partial charge in [-0.3, -0.25) is 0 Å². The molecule has 0 radical (unpaired) electrons. The van der Waals surface area contributed by atoms with Gasteiger partial charge in [0.05, 0.1) is 7.11 Å². The molecule has 0 fully saturated rings. The lowest BCUT2D eigenvalue weighted by Crippen LogP contribution is -2.09. The van der Waals surface area contributed by atoms with E-state index in [4.69, 9.17) is 4.74 Å². The fourth-order valence-electron chi connectivity index (χ4n) is 1.91. The maximum atomic E-state index is 9.22. The van der Waals surface area contributed by atoms with E-state index in [9.17, 15) is 5.26 Å². The largest absolute Gasteiger partial charge is 0.497 e. The van der Waals surface area contributed by atoms with E-state index in [1.54, 1.807) is 7.11 Å². The summed E-state index contributed by atoms with van der Waals surface area (Å²) >= 11 is 1.44. The number of hydrogen-bond acceptors (Lipinski definition) is 6. The Bertz CT molecular complexity index is 654. The van der Waals surface area contributed by atoms with Crippen LogP contribution in [0.4, 0.5) is 5.82 Å². The summed E-state index contributed by atoms with van der Waals surface area (Å²) in [6.45, 7) is 0.687. The Morgan fingerprint density at radius 2 is 2.24 bits per heavy atom. The van der Waals surface area contributed by atoms with Crippen molar-refractivity contribution in [1.29, 1.82) is 5.26 Å². The smallest absolute Gasteiger partial charge is 0.148 e. The SMILES string of the molecule is COc1cccc(CCNc2ncnc(SC)c2C#N)c1. The van der Waals surface area contributed by atoms with Gasteiger partial charge in [-0.2, -0.15) is 5.26 Å². The van der Waals surface area contributed by atoms with Crippen molar-refractivity contribution in [3.8, 4) is 11.8 Å². The highest BCUT2D eigenvalue weighted by Gasteiger charge is 2.09. The summed E-state index contributed by atoms with van der Waals surface area (Å²) in [5.74, 6) is 1.43. The molecule has 0 aliphatic carbocycles. The maximum absolute atomic E-state index is 9.22. The molecule has 0 unspecified atom stereocenters. The first-order valence-corrected chi connectivity index (χ1v) is 7.67. The quantitative estimate of drug-likeness (QED) is 0.653. The van der Waals surface area contributed by atoms with Gasteiger partial charge in [-0.15, -0.1) is 11.8 Å². The Morgan fingerprint density at radius 3 is 2.95 bits per heavy atom. The summed E-state index contributed by atoms with van der Waals surface area (Å²) in [5.41, 5.74) is 1.66. The van der Waals surface area contributed by atoms with Gasteiger partial charge in [0, 0.05) is 6.54 Å². The molecule has 1 N–H and O–H groups in total. The highest BCUT2D eigenvalue weighted by molar-refractivity contribution is 7.98. The lowest BCUT2D eigenvalue weighted by atomic mass is 10.1. The Hall–Kier alpha value is -2.26. The van der Waals surface area contributed by atoms with E-state index in [1.165, 1.54) is 23.7 Å². The van der Waals surface area contributed by atoms with E-state index < -0.39 is 0 Å². The second-order valence-electron chi connectivity index (χ2n) is 4.25. The van der Waals surface area contributed by atoms with Crippen LogP contribution in [-0.2, 0) is 6.42 Å². The van der Waals surface area contributed by atoms with Crippen LogP contribution in [0.2, 0.25) is 0 Å². The second-order valence-corrected chi connectivity index (χ2v) is 5.04. The number of nitrogens with one attached hydrogen (secondary N) is 1. The van der Waals surface area contributed by atoms with Crippen molar-refractivity contribution in [2.24, 2.45) is 0 Å². The molecule has 0 atom stereocenters. The van der Waals surface area contributed by atoms with Crippen molar-refractivity contribution in [1.82, 2.24) is 9.97 Å². The van der Waals surface area contributed by atoms with Crippen LogP contribution in [0, 0.1) is 11.3 Å². The number of thioether (sulfide) groups is 1. The second kappa shape index (κ2) is 7.50. The molecule has 1 aromatic carbocycles. The maximum Gasteiger partial charge on any atom is 0.148 e. The number of hydrogen-bond donors (Lipinski definition) is 1. The van der Waals surface area contributed by atoms with E-state index in [1.807, 2.05) is 30.5 Å². The molecule has 0 aliphatic rings. The third-order valence-electron chi connectivity index (χ3n) is 2.96. The minimum Gasteiger partial charge on any atom is -0.497 e. The monoisotopic (exact) mass is 300 g/mol. The molecule has 0 aliphatic heterocycles. The number of benzene rings is 1. The van der Waals surface area contributed by atoms with Gasteiger partial charge in [0.25, 0.3) is 0 Å². The van der Waals surface area contributed by atoms with Gasteiger partial charge in [-0.25, -0.2) is 9.97 Å². The molecule has 0 bridgehead atoms. The number of methoxy groups -OCH3 is 1. The van der Waals surface area contributed by atoms with Crippen molar-refractivity contribution in [2.75, 3.05) is 25.2 Å². The summed E-state index contributed by atoms with van der Waals surface area (Å²) in [5, 5.41) is 13.1. The van der Waals surface area contributed by atoms with Gasteiger partial charge in [0.1, 0.15) is 34.6 Å². The van der Waals surface area contributed by atoms with Crippen LogP contribution in [0.5, 0.6) is 5.75 Å². The Balaban J connectivity index is 2.02. The number of nitrogens with zero attached hydrogens (tertiary/aromatic N) is 3. The first-order valence-electron chi connectivity index (χ1n) is 6.44. The number of nitriles is 1. The average Bonchev–Trinajstić information content (AvgIpc) is 2.54. The fraction of sp³-hybridized carbons (Fsp3) is 0.267. The van der Waals surface area contributed by atoms with Crippen LogP contribution >= 0.6 is 11.8 Å². The molecule has 5 nitrogen and oxygen atoms in total.